The van der Waals surface area contributed by atoms with E-state index in [9.17, 15) is 13.2 Å². The van der Waals surface area contributed by atoms with E-state index in [1.54, 1.807) is 18.3 Å². The second-order valence-corrected chi connectivity index (χ2v) is 8.65. The van der Waals surface area contributed by atoms with Gasteiger partial charge in [0, 0.05) is 11.9 Å². The zero-order valence-electron chi connectivity index (χ0n) is 17.2. The number of hydrogen-bond donors (Lipinski definition) is 2. The molecular formula is C20H29N3O4S. The number of carbonyl (C=O) groups is 1. The molecule has 0 fully saturated rings. The monoisotopic (exact) mass is 407 g/mol. The second kappa shape index (κ2) is 10.7. The van der Waals surface area contributed by atoms with E-state index in [4.69, 9.17) is 0 Å². The van der Waals surface area contributed by atoms with Gasteiger partial charge in [0.05, 0.1) is 13.4 Å². The summed E-state index contributed by atoms with van der Waals surface area (Å²) in [5.74, 6) is 1.34. The Balaban J connectivity index is 0.000000280. The van der Waals surface area contributed by atoms with Gasteiger partial charge in [-0.05, 0) is 41.2 Å². The molecule has 1 aromatic carbocycles. The second-order valence-electron chi connectivity index (χ2n) is 6.90. The Morgan fingerprint density at radius 3 is 2.14 bits per heavy atom. The Kier molecular flexibility index (Phi) is 8.91. The number of aromatic nitrogens is 1. The van der Waals surface area contributed by atoms with Crippen LogP contribution >= 0.6 is 0 Å². The van der Waals surface area contributed by atoms with Gasteiger partial charge in [0.15, 0.2) is 0 Å². The molecule has 0 aliphatic carbocycles. The van der Waals surface area contributed by atoms with Gasteiger partial charge in [0.1, 0.15) is 5.82 Å². The molecule has 0 aliphatic rings. The van der Waals surface area contributed by atoms with Crippen LogP contribution in [-0.2, 0) is 14.8 Å². The summed E-state index contributed by atoms with van der Waals surface area (Å²) < 4.78 is 28.8. The van der Waals surface area contributed by atoms with Crippen molar-refractivity contribution in [3.63, 3.8) is 0 Å². The van der Waals surface area contributed by atoms with Gasteiger partial charge in [0.25, 0.3) is 0 Å². The Morgan fingerprint density at radius 2 is 1.68 bits per heavy atom. The van der Waals surface area contributed by atoms with Crippen molar-refractivity contribution in [2.45, 2.75) is 39.5 Å². The molecule has 154 valence electrons. The summed E-state index contributed by atoms with van der Waals surface area (Å²) in [4.78, 5) is 14.9. The molecule has 2 N–H and O–H groups in total. The van der Waals surface area contributed by atoms with Crippen LogP contribution in [0.25, 0.3) is 0 Å². The highest BCUT2D eigenvalue weighted by Gasteiger charge is 2.04. The number of benzene rings is 1. The highest BCUT2D eigenvalue weighted by atomic mass is 32.2. The van der Waals surface area contributed by atoms with E-state index in [1.165, 1.54) is 7.11 Å². The van der Waals surface area contributed by atoms with Crippen molar-refractivity contribution < 1.29 is 17.9 Å². The van der Waals surface area contributed by atoms with Crippen molar-refractivity contribution in [1.29, 1.82) is 0 Å². The zero-order valence-corrected chi connectivity index (χ0v) is 18.0. The van der Waals surface area contributed by atoms with E-state index < -0.39 is 16.1 Å². The number of nitrogens with one attached hydrogen (secondary N) is 2. The molecule has 28 heavy (non-hydrogen) atoms. The van der Waals surface area contributed by atoms with Crippen molar-refractivity contribution in [3.05, 3.63) is 53.7 Å². The normalized spacial score (nSPS) is 10.9. The van der Waals surface area contributed by atoms with E-state index in [-0.39, 0.29) is 0 Å². The summed E-state index contributed by atoms with van der Waals surface area (Å²) in [6.07, 6.45) is 2.39. The maximum Gasteiger partial charge on any atom is 0.412 e. The Hall–Kier alpha value is -2.61. The fourth-order valence-electron chi connectivity index (χ4n) is 2.15. The molecule has 1 amide bonds. The predicted molar refractivity (Wildman–Crippen MR) is 113 cm³/mol. The Labute approximate surface area is 167 Å². The fraction of sp³-hybridized carbons (Fsp3) is 0.400. The molecule has 2 rings (SSSR count). The molecule has 0 saturated carbocycles. The van der Waals surface area contributed by atoms with Crippen LogP contribution in [0, 0.1) is 0 Å². The van der Waals surface area contributed by atoms with Gasteiger partial charge >= 0.3 is 6.09 Å². The van der Waals surface area contributed by atoms with Crippen LogP contribution in [-0.4, -0.2) is 32.9 Å². The third-order valence-electron chi connectivity index (χ3n) is 3.73. The minimum atomic E-state index is -3.17. The van der Waals surface area contributed by atoms with Crippen LogP contribution in [0.4, 0.5) is 16.3 Å². The number of methoxy groups -OCH3 is 1. The first-order valence-electron chi connectivity index (χ1n) is 8.90. The van der Waals surface area contributed by atoms with Crippen molar-refractivity contribution in [1.82, 2.24) is 4.98 Å². The number of nitrogens with zero attached hydrogens (tertiary/aromatic N) is 1. The number of anilines is 2. The van der Waals surface area contributed by atoms with E-state index >= 15 is 0 Å². The van der Waals surface area contributed by atoms with Gasteiger partial charge in [-0.1, -0.05) is 45.9 Å². The van der Waals surface area contributed by atoms with Crippen LogP contribution in [0.5, 0.6) is 0 Å². The molecule has 0 bridgehead atoms. The minimum Gasteiger partial charge on any atom is -0.453 e. The number of hydrogen-bond acceptors (Lipinski definition) is 5. The molecule has 0 aliphatic heterocycles. The van der Waals surface area contributed by atoms with E-state index in [2.05, 4.69) is 47.5 Å². The SMILES string of the molecule is CC(C)c1cccc(NS(C)(=O)=O)c1.COC(=O)Nc1ccc(C(C)C)cn1. The van der Waals surface area contributed by atoms with Crippen LogP contribution in [0.2, 0.25) is 0 Å². The summed E-state index contributed by atoms with van der Waals surface area (Å²) in [7, 11) is -1.85. The molecule has 8 heteroatoms. The van der Waals surface area contributed by atoms with Crippen LogP contribution in [0.3, 0.4) is 0 Å². The summed E-state index contributed by atoms with van der Waals surface area (Å²) >= 11 is 0. The van der Waals surface area contributed by atoms with Crippen LogP contribution < -0.4 is 10.0 Å². The maximum absolute atomic E-state index is 11.0. The summed E-state index contributed by atoms with van der Waals surface area (Å²) in [6, 6.07) is 11.1. The number of ether oxygens (including phenoxy) is 1. The molecule has 1 heterocycles. The highest BCUT2D eigenvalue weighted by Crippen LogP contribution is 2.19. The first-order chi connectivity index (χ1) is 13.0. The number of sulfonamides is 1. The highest BCUT2D eigenvalue weighted by molar-refractivity contribution is 7.92. The third-order valence-corrected chi connectivity index (χ3v) is 4.33. The van der Waals surface area contributed by atoms with Gasteiger partial charge in [-0.15, -0.1) is 0 Å². The van der Waals surface area contributed by atoms with Crippen molar-refractivity contribution >= 4 is 27.6 Å². The van der Waals surface area contributed by atoms with Gasteiger partial charge in [0.2, 0.25) is 10.0 Å². The number of amides is 1. The van der Waals surface area contributed by atoms with Gasteiger partial charge in [-0.25, -0.2) is 18.2 Å². The quantitative estimate of drug-likeness (QED) is 0.757. The molecule has 0 atom stereocenters. The summed E-state index contributed by atoms with van der Waals surface area (Å²) in [5, 5.41) is 2.49. The standard InChI is InChI=1S/C10H14N2O2.C10H15NO2S/c1-7(2)8-4-5-9(11-6-8)12-10(13)14-3;1-8(2)9-5-4-6-10(7-9)11-14(3,12)13/h4-7H,1-3H3,(H,11,12,13);4-8,11H,1-3H3. The third kappa shape index (κ3) is 8.85. The maximum atomic E-state index is 11.0. The van der Waals surface area contributed by atoms with Crippen molar-refractivity contribution in [3.8, 4) is 0 Å². The lowest BCUT2D eigenvalue weighted by Crippen LogP contribution is -2.12. The molecule has 0 unspecified atom stereocenters. The average molecular weight is 408 g/mol. The number of carbonyl (C=O) groups excluding carboxylic acids is 1. The molecule has 0 radical (unpaired) electrons. The van der Waals surface area contributed by atoms with Crippen LogP contribution in [0.15, 0.2) is 42.6 Å². The fourth-order valence-corrected chi connectivity index (χ4v) is 2.71. The first-order valence-corrected chi connectivity index (χ1v) is 10.8. The predicted octanol–water partition coefficient (Wildman–Crippen LogP) is 4.56. The summed E-state index contributed by atoms with van der Waals surface area (Å²) in [5.41, 5.74) is 2.89. The zero-order chi connectivity index (χ0) is 21.3. The Morgan fingerprint density at radius 1 is 1.04 bits per heavy atom. The molecular weight excluding hydrogens is 378 g/mol. The lowest BCUT2D eigenvalue weighted by atomic mass is 10.0. The van der Waals surface area contributed by atoms with E-state index in [0.29, 0.717) is 23.3 Å². The topological polar surface area (TPSA) is 97.4 Å². The van der Waals surface area contributed by atoms with E-state index in [0.717, 1.165) is 17.4 Å². The average Bonchev–Trinajstić information content (AvgIpc) is 2.61. The van der Waals surface area contributed by atoms with Crippen molar-refractivity contribution in [2.24, 2.45) is 0 Å². The molecule has 0 spiro atoms. The first kappa shape index (κ1) is 23.4. The number of pyridine rings is 1. The molecule has 0 saturated heterocycles. The molecule has 7 nitrogen and oxygen atoms in total. The van der Waals surface area contributed by atoms with Gasteiger partial charge < -0.3 is 4.74 Å². The lowest BCUT2D eigenvalue weighted by molar-refractivity contribution is 0.187. The van der Waals surface area contributed by atoms with Gasteiger partial charge in [-0.3, -0.25) is 10.0 Å². The van der Waals surface area contributed by atoms with E-state index in [1.807, 2.05) is 24.3 Å². The van der Waals surface area contributed by atoms with Crippen LogP contribution in [0.1, 0.15) is 50.7 Å². The smallest absolute Gasteiger partial charge is 0.412 e. The lowest BCUT2D eigenvalue weighted by Gasteiger charge is -2.08. The largest absolute Gasteiger partial charge is 0.453 e. The number of rotatable bonds is 5. The summed E-state index contributed by atoms with van der Waals surface area (Å²) in [6.45, 7) is 8.31. The molecule has 2 aromatic rings. The van der Waals surface area contributed by atoms with Gasteiger partial charge in [-0.2, -0.15) is 0 Å². The minimum absolute atomic E-state index is 0.399. The molecule has 1 aromatic heterocycles. The van der Waals surface area contributed by atoms with Crippen molar-refractivity contribution in [2.75, 3.05) is 23.4 Å². The Bertz CT molecular complexity index is 863.